The van der Waals surface area contributed by atoms with Gasteiger partial charge in [-0.15, -0.1) is 0 Å². The van der Waals surface area contributed by atoms with Crippen LogP contribution in [0.15, 0.2) is 24.4 Å². The van der Waals surface area contributed by atoms with Crippen molar-refractivity contribution < 1.29 is 14.3 Å². The molecule has 2 saturated heterocycles. The summed E-state index contributed by atoms with van der Waals surface area (Å²) in [4.78, 5) is 20.0. The van der Waals surface area contributed by atoms with E-state index in [1.807, 2.05) is 25.4 Å². The lowest BCUT2D eigenvalue weighted by atomic mass is 9.80. The molecule has 34 heavy (non-hydrogen) atoms. The highest BCUT2D eigenvalue weighted by Gasteiger charge is 2.58. The molecule has 2 aliphatic carbocycles. The Morgan fingerprint density at radius 3 is 2.65 bits per heavy atom. The molecule has 1 aromatic carbocycles. The highest BCUT2D eigenvalue weighted by Crippen LogP contribution is 2.59. The maximum atomic E-state index is 12.9. The fraction of sp³-hybridized carbons (Fsp3) is 0.630. The maximum absolute atomic E-state index is 12.9. The Labute approximate surface area is 206 Å². The number of nitrogens with one attached hydrogen (secondary N) is 1. The third-order valence-corrected chi connectivity index (χ3v) is 9.27. The van der Waals surface area contributed by atoms with Crippen LogP contribution in [0, 0.1) is 11.3 Å². The predicted octanol–water partition coefficient (Wildman–Crippen LogP) is 5.00. The molecule has 4 fully saturated rings. The van der Waals surface area contributed by atoms with Crippen molar-refractivity contribution >= 4 is 34.1 Å². The number of fused-ring (bicyclic) bond motifs is 1. The number of aromatic nitrogens is 1. The first kappa shape index (κ1) is 22.7. The average molecular weight is 484 g/mol. The zero-order valence-electron chi connectivity index (χ0n) is 19.9. The SMILES string of the molecule is COC1CN(C2CCC(c3cc4cc(NC(=O)[C@H]5CC56CCOCC6)ncc4cc3Cl)CC2)C1. The third kappa shape index (κ3) is 4.23. The Morgan fingerprint density at radius 1 is 1.15 bits per heavy atom. The number of carbonyl (C=O) groups is 1. The molecule has 4 aliphatic rings. The molecule has 0 bridgehead atoms. The average Bonchev–Trinajstić information content (AvgIpc) is 3.52. The fourth-order valence-corrected chi connectivity index (χ4v) is 6.82. The second kappa shape index (κ2) is 9.05. The van der Waals surface area contributed by atoms with Gasteiger partial charge < -0.3 is 14.8 Å². The highest BCUT2D eigenvalue weighted by atomic mass is 35.5. The Balaban J connectivity index is 1.12. The summed E-state index contributed by atoms with van der Waals surface area (Å²) in [6.45, 7) is 3.68. The molecular weight excluding hydrogens is 450 g/mol. The topological polar surface area (TPSA) is 63.7 Å². The van der Waals surface area contributed by atoms with Crippen molar-refractivity contribution in [1.29, 1.82) is 0 Å². The molecule has 1 amide bonds. The van der Waals surface area contributed by atoms with E-state index < -0.39 is 0 Å². The molecule has 3 heterocycles. The van der Waals surface area contributed by atoms with Crippen LogP contribution in [0.3, 0.4) is 0 Å². The summed E-state index contributed by atoms with van der Waals surface area (Å²) in [5.74, 6) is 1.31. The van der Waals surface area contributed by atoms with Gasteiger partial charge in [0, 0.05) is 62.0 Å². The number of rotatable bonds is 5. The summed E-state index contributed by atoms with van der Waals surface area (Å²) >= 11 is 6.73. The minimum absolute atomic E-state index is 0.0930. The van der Waals surface area contributed by atoms with Crippen LogP contribution in [0.25, 0.3) is 10.8 Å². The summed E-state index contributed by atoms with van der Waals surface area (Å²) in [6.07, 6.45) is 9.93. The van der Waals surface area contributed by atoms with Gasteiger partial charge in [0.25, 0.3) is 0 Å². The van der Waals surface area contributed by atoms with Crippen LogP contribution >= 0.6 is 11.6 Å². The standard InChI is InChI=1S/C27H34ClN3O3/c1-33-21-15-31(16-21)20-4-2-17(3-5-20)22-10-18-12-25(29-14-19(18)11-24(22)28)30-26(32)23-13-27(23)6-8-34-9-7-27/h10-12,14,17,20-21,23H,2-9,13,15-16H2,1H3,(H,29,30,32)/t17?,20?,23-/m1/s1. The largest absolute Gasteiger partial charge is 0.381 e. The molecule has 2 aliphatic heterocycles. The number of amides is 1. The van der Waals surface area contributed by atoms with Crippen molar-refractivity contribution in [2.24, 2.45) is 11.3 Å². The molecule has 2 saturated carbocycles. The van der Waals surface area contributed by atoms with E-state index in [0.717, 1.165) is 74.2 Å². The van der Waals surface area contributed by atoms with Crippen molar-refractivity contribution in [3.05, 3.63) is 35.0 Å². The molecule has 1 aromatic heterocycles. The first-order chi connectivity index (χ1) is 16.5. The number of likely N-dealkylation sites (tertiary alicyclic amines) is 1. The quantitative estimate of drug-likeness (QED) is 0.648. The van der Waals surface area contributed by atoms with Crippen LogP contribution in [0.2, 0.25) is 5.02 Å². The minimum atomic E-state index is 0.0930. The molecule has 0 radical (unpaired) electrons. The van der Waals surface area contributed by atoms with Gasteiger partial charge in [0.05, 0.1) is 6.10 Å². The van der Waals surface area contributed by atoms with Crippen LogP contribution in [-0.4, -0.2) is 61.3 Å². The highest BCUT2D eigenvalue weighted by molar-refractivity contribution is 6.32. The van der Waals surface area contributed by atoms with Crippen LogP contribution in [-0.2, 0) is 14.3 Å². The molecule has 182 valence electrons. The monoisotopic (exact) mass is 483 g/mol. The van der Waals surface area contributed by atoms with Crippen molar-refractivity contribution in [2.45, 2.75) is 63.0 Å². The molecular formula is C27H34ClN3O3. The number of anilines is 1. The Bertz CT molecular complexity index is 1070. The molecule has 1 N–H and O–H groups in total. The number of ether oxygens (including phenoxy) is 2. The smallest absolute Gasteiger partial charge is 0.229 e. The van der Waals surface area contributed by atoms with Gasteiger partial charge in [0.2, 0.25) is 5.91 Å². The van der Waals surface area contributed by atoms with E-state index in [4.69, 9.17) is 21.1 Å². The molecule has 2 aromatic rings. The molecule has 0 unspecified atom stereocenters. The van der Waals surface area contributed by atoms with E-state index in [0.29, 0.717) is 23.9 Å². The molecule has 1 atom stereocenters. The molecule has 6 rings (SSSR count). The van der Waals surface area contributed by atoms with Crippen molar-refractivity contribution in [1.82, 2.24) is 9.88 Å². The van der Waals surface area contributed by atoms with E-state index in [9.17, 15) is 4.79 Å². The predicted molar refractivity (Wildman–Crippen MR) is 133 cm³/mol. The summed E-state index contributed by atoms with van der Waals surface area (Å²) in [7, 11) is 1.81. The van der Waals surface area contributed by atoms with E-state index in [2.05, 4.69) is 21.3 Å². The lowest BCUT2D eigenvalue weighted by Crippen LogP contribution is -2.56. The summed E-state index contributed by atoms with van der Waals surface area (Å²) in [5, 5.41) is 6.02. The summed E-state index contributed by atoms with van der Waals surface area (Å²) in [6, 6.07) is 6.94. The first-order valence-corrected chi connectivity index (χ1v) is 13.2. The van der Waals surface area contributed by atoms with Crippen LogP contribution in [0.5, 0.6) is 0 Å². The van der Waals surface area contributed by atoms with Gasteiger partial charge in [-0.1, -0.05) is 11.6 Å². The number of hydrogen-bond donors (Lipinski definition) is 1. The lowest BCUT2D eigenvalue weighted by molar-refractivity contribution is -0.118. The van der Waals surface area contributed by atoms with E-state index in [1.165, 1.54) is 18.4 Å². The number of halogens is 1. The normalized spacial score (nSPS) is 29.2. The van der Waals surface area contributed by atoms with Crippen LogP contribution < -0.4 is 5.32 Å². The number of carbonyl (C=O) groups excluding carboxylic acids is 1. The van der Waals surface area contributed by atoms with Gasteiger partial charge in [-0.3, -0.25) is 9.69 Å². The zero-order chi connectivity index (χ0) is 23.3. The second-order valence-electron chi connectivity index (χ2n) is 10.8. The fourth-order valence-electron chi connectivity index (χ4n) is 6.50. The van der Waals surface area contributed by atoms with Gasteiger partial charge in [-0.25, -0.2) is 4.98 Å². The first-order valence-electron chi connectivity index (χ1n) is 12.8. The zero-order valence-corrected chi connectivity index (χ0v) is 20.7. The second-order valence-corrected chi connectivity index (χ2v) is 11.2. The Hall–Kier alpha value is -1.73. The minimum Gasteiger partial charge on any atom is -0.381 e. The molecule has 6 nitrogen and oxygen atoms in total. The van der Waals surface area contributed by atoms with Gasteiger partial charge in [0.1, 0.15) is 5.82 Å². The molecule has 7 heteroatoms. The van der Waals surface area contributed by atoms with E-state index in [1.54, 1.807) is 0 Å². The van der Waals surface area contributed by atoms with Gasteiger partial charge in [0.15, 0.2) is 0 Å². The number of methoxy groups -OCH3 is 1. The van der Waals surface area contributed by atoms with Gasteiger partial charge in [-0.2, -0.15) is 0 Å². The van der Waals surface area contributed by atoms with Crippen molar-refractivity contribution in [3.63, 3.8) is 0 Å². The lowest BCUT2D eigenvalue weighted by Gasteiger charge is -2.46. The number of benzene rings is 1. The summed E-state index contributed by atoms with van der Waals surface area (Å²) < 4.78 is 10.9. The van der Waals surface area contributed by atoms with Gasteiger partial charge in [-0.05, 0) is 85.4 Å². The van der Waals surface area contributed by atoms with Crippen LogP contribution in [0.4, 0.5) is 5.82 Å². The van der Waals surface area contributed by atoms with Gasteiger partial charge >= 0.3 is 0 Å². The van der Waals surface area contributed by atoms with Crippen LogP contribution in [0.1, 0.15) is 56.4 Å². The van der Waals surface area contributed by atoms with Crippen molar-refractivity contribution in [2.75, 3.05) is 38.7 Å². The number of hydrogen-bond acceptors (Lipinski definition) is 5. The number of nitrogens with zero attached hydrogens (tertiary/aromatic N) is 2. The van der Waals surface area contributed by atoms with Crippen molar-refractivity contribution in [3.8, 4) is 0 Å². The van der Waals surface area contributed by atoms with E-state index >= 15 is 0 Å². The Kier molecular flexibility index (Phi) is 6.05. The Morgan fingerprint density at radius 2 is 1.91 bits per heavy atom. The third-order valence-electron chi connectivity index (χ3n) is 8.95. The molecule has 1 spiro atoms. The van der Waals surface area contributed by atoms with E-state index in [-0.39, 0.29) is 17.2 Å². The number of pyridine rings is 1. The summed E-state index contributed by atoms with van der Waals surface area (Å²) in [5.41, 5.74) is 1.40. The maximum Gasteiger partial charge on any atom is 0.229 e.